The zero-order valence-corrected chi connectivity index (χ0v) is 5.35. The van der Waals surface area contributed by atoms with E-state index in [9.17, 15) is 0 Å². The number of allylic oxidation sites excluding steroid dienone is 4. The van der Waals surface area contributed by atoms with Gasteiger partial charge in [0.2, 0.25) is 0 Å². The molecular formula is C5H6Mg. The number of rotatable bonds is 0. The van der Waals surface area contributed by atoms with Gasteiger partial charge in [0.15, 0.2) is 0 Å². The molecule has 0 spiro atoms. The Morgan fingerprint density at radius 3 is 1.50 bits per heavy atom. The average molecular weight is 90.4 g/mol. The minimum atomic E-state index is 0. The number of hydrogen-bond donors (Lipinski definition) is 0. The Bertz CT molecular complexity index is 44.3. The van der Waals surface area contributed by atoms with E-state index in [0.29, 0.717) is 0 Å². The van der Waals surface area contributed by atoms with Crippen LogP contribution >= 0.6 is 0 Å². The SMILES string of the molecule is [C-]1=CC=C1.[CH3-].[Mg+2]. The van der Waals surface area contributed by atoms with Crippen molar-refractivity contribution in [3.63, 3.8) is 0 Å². The van der Waals surface area contributed by atoms with Crippen molar-refractivity contribution < 1.29 is 0 Å². The average Bonchev–Trinajstić information content (AvgIpc) is 0.722. The third kappa shape index (κ3) is 2.48. The van der Waals surface area contributed by atoms with Crippen LogP contribution in [0.25, 0.3) is 0 Å². The third-order valence-electron chi connectivity index (χ3n) is 0.385. The fourth-order valence-corrected chi connectivity index (χ4v) is 0.0962. The standard InChI is InChI=1S/C4H3.CH3.Mg/c1-2-4-3-1;;/h1-3H;1H3;/q2*-1;+2. The fourth-order valence-electron chi connectivity index (χ4n) is 0.0962. The molecule has 28 valence electrons. The Hall–Kier alpha value is 0.246. The van der Waals surface area contributed by atoms with Crippen LogP contribution in [-0.2, 0) is 0 Å². The van der Waals surface area contributed by atoms with E-state index in [1.807, 2.05) is 18.2 Å². The molecule has 1 heteroatoms. The van der Waals surface area contributed by atoms with Crippen LogP contribution in [0.3, 0.4) is 0 Å². The Morgan fingerprint density at radius 2 is 1.50 bits per heavy atom. The van der Waals surface area contributed by atoms with E-state index in [4.69, 9.17) is 0 Å². The maximum absolute atomic E-state index is 2.81. The van der Waals surface area contributed by atoms with Crippen LogP contribution in [-0.4, -0.2) is 23.1 Å². The van der Waals surface area contributed by atoms with E-state index in [0.717, 1.165) is 0 Å². The van der Waals surface area contributed by atoms with Crippen molar-refractivity contribution in [2.45, 2.75) is 0 Å². The van der Waals surface area contributed by atoms with Crippen LogP contribution in [0.2, 0.25) is 0 Å². The van der Waals surface area contributed by atoms with E-state index in [1.165, 1.54) is 0 Å². The second kappa shape index (κ2) is 5.25. The minimum Gasteiger partial charge on any atom is -0.358 e. The molecule has 0 aromatic heterocycles. The summed E-state index contributed by atoms with van der Waals surface area (Å²) in [5.41, 5.74) is 0. The monoisotopic (exact) mass is 90.0 g/mol. The zero-order chi connectivity index (χ0) is 2.83. The predicted octanol–water partition coefficient (Wildman–Crippen LogP) is 0.985. The van der Waals surface area contributed by atoms with Crippen molar-refractivity contribution in [1.82, 2.24) is 0 Å². The molecule has 0 saturated heterocycles. The summed E-state index contributed by atoms with van der Waals surface area (Å²) in [6.45, 7) is 0. The first-order valence-corrected chi connectivity index (χ1v) is 1.24. The molecule has 0 fully saturated rings. The molecule has 0 aromatic carbocycles. The van der Waals surface area contributed by atoms with Crippen molar-refractivity contribution >= 4 is 23.1 Å². The third-order valence-corrected chi connectivity index (χ3v) is 0.385. The zero-order valence-electron chi connectivity index (χ0n) is 3.94. The second-order valence-electron chi connectivity index (χ2n) is 0.692. The van der Waals surface area contributed by atoms with Crippen molar-refractivity contribution in [2.75, 3.05) is 0 Å². The smallest absolute Gasteiger partial charge is 0.358 e. The molecule has 6 heavy (non-hydrogen) atoms. The first-order valence-electron chi connectivity index (χ1n) is 1.24. The Morgan fingerprint density at radius 1 is 1.33 bits per heavy atom. The molecule has 0 amide bonds. The fraction of sp³-hybridized carbons (Fsp3) is 0. The summed E-state index contributed by atoms with van der Waals surface area (Å²) in [6, 6.07) is 0. The van der Waals surface area contributed by atoms with E-state index in [1.54, 1.807) is 0 Å². The van der Waals surface area contributed by atoms with Crippen molar-refractivity contribution in [2.24, 2.45) is 0 Å². The molecule has 0 radical (unpaired) electrons. The van der Waals surface area contributed by atoms with Crippen molar-refractivity contribution in [3.05, 3.63) is 31.7 Å². The van der Waals surface area contributed by atoms with Gasteiger partial charge in [0.25, 0.3) is 0 Å². The maximum atomic E-state index is 2.81. The van der Waals surface area contributed by atoms with E-state index < -0.39 is 0 Å². The molecule has 0 aromatic rings. The molecular weight excluding hydrogens is 84.4 g/mol. The first kappa shape index (κ1) is 9.53. The second-order valence-corrected chi connectivity index (χ2v) is 0.692. The van der Waals surface area contributed by atoms with E-state index in [2.05, 4.69) is 6.08 Å². The summed E-state index contributed by atoms with van der Waals surface area (Å²) in [4.78, 5) is 0. The van der Waals surface area contributed by atoms with Gasteiger partial charge >= 0.3 is 23.1 Å². The molecule has 0 atom stereocenters. The van der Waals surface area contributed by atoms with Crippen LogP contribution in [0.15, 0.2) is 18.2 Å². The molecule has 0 heterocycles. The molecule has 1 aliphatic rings. The minimum absolute atomic E-state index is 0. The first-order chi connectivity index (χ1) is 2.00. The Balaban J connectivity index is 0. The van der Waals surface area contributed by atoms with Gasteiger partial charge in [-0.05, 0) is 0 Å². The van der Waals surface area contributed by atoms with Crippen LogP contribution in [0, 0.1) is 13.5 Å². The quantitative estimate of drug-likeness (QED) is 0.307. The van der Waals surface area contributed by atoms with Crippen molar-refractivity contribution in [3.8, 4) is 0 Å². The Kier molecular flexibility index (Phi) is 8.34. The van der Waals surface area contributed by atoms with Gasteiger partial charge in [-0.1, -0.05) is 0 Å². The molecule has 0 bridgehead atoms. The van der Waals surface area contributed by atoms with Crippen LogP contribution < -0.4 is 0 Å². The molecule has 0 nitrogen and oxygen atoms in total. The molecule has 0 N–H and O–H groups in total. The molecule has 0 saturated carbocycles. The maximum Gasteiger partial charge on any atom is 2.00 e. The van der Waals surface area contributed by atoms with Gasteiger partial charge in [-0.3, -0.25) is 0 Å². The summed E-state index contributed by atoms with van der Waals surface area (Å²) in [6.07, 6.45) is 8.50. The predicted molar refractivity (Wildman–Crippen MR) is 29.1 cm³/mol. The van der Waals surface area contributed by atoms with Gasteiger partial charge in [0.1, 0.15) is 0 Å². The van der Waals surface area contributed by atoms with Gasteiger partial charge in [0.05, 0.1) is 0 Å². The van der Waals surface area contributed by atoms with Gasteiger partial charge in [-0.15, -0.1) is 0 Å². The molecule has 1 aliphatic carbocycles. The van der Waals surface area contributed by atoms with Crippen LogP contribution in [0.4, 0.5) is 0 Å². The van der Waals surface area contributed by atoms with Crippen LogP contribution in [0.5, 0.6) is 0 Å². The summed E-state index contributed by atoms with van der Waals surface area (Å²) in [7, 11) is 0. The van der Waals surface area contributed by atoms with Gasteiger partial charge in [-0.2, -0.15) is 24.3 Å². The summed E-state index contributed by atoms with van der Waals surface area (Å²) < 4.78 is 0. The van der Waals surface area contributed by atoms with Gasteiger partial charge < -0.3 is 7.43 Å². The largest absolute Gasteiger partial charge is 2.00 e. The van der Waals surface area contributed by atoms with Gasteiger partial charge in [0, 0.05) is 0 Å². The summed E-state index contributed by atoms with van der Waals surface area (Å²) >= 11 is 0. The van der Waals surface area contributed by atoms with Crippen molar-refractivity contribution in [1.29, 1.82) is 0 Å². The van der Waals surface area contributed by atoms with E-state index in [-0.39, 0.29) is 30.5 Å². The topological polar surface area (TPSA) is 0 Å². The Labute approximate surface area is 55.1 Å². The van der Waals surface area contributed by atoms with Gasteiger partial charge in [-0.25, -0.2) is 0 Å². The van der Waals surface area contributed by atoms with Crippen LogP contribution in [0.1, 0.15) is 0 Å². The molecule has 0 unspecified atom stereocenters. The summed E-state index contributed by atoms with van der Waals surface area (Å²) in [5, 5.41) is 0. The normalized spacial score (nSPS) is 10.7. The molecule has 1 rings (SSSR count). The summed E-state index contributed by atoms with van der Waals surface area (Å²) in [5.74, 6) is 0. The molecule has 0 aliphatic heterocycles. The van der Waals surface area contributed by atoms with E-state index >= 15 is 0 Å². The number of hydrogen-bond acceptors (Lipinski definition) is 0.